The van der Waals surface area contributed by atoms with Crippen LogP contribution in [0.1, 0.15) is 49.0 Å². The van der Waals surface area contributed by atoms with Gasteiger partial charge in [-0.3, -0.25) is 9.59 Å². The molecule has 9 nitrogen and oxygen atoms in total. The number of rotatable bonds is 10. The van der Waals surface area contributed by atoms with E-state index in [2.05, 4.69) is 16.0 Å². The molecule has 256 valence electrons. The van der Waals surface area contributed by atoms with Crippen LogP contribution in [0, 0.1) is 5.92 Å². The first-order valence-electron chi connectivity index (χ1n) is 13.9. The van der Waals surface area contributed by atoms with E-state index >= 15 is 0 Å². The van der Waals surface area contributed by atoms with E-state index in [4.69, 9.17) is 9.90 Å². The van der Waals surface area contributed by atoms with Crippen LogP contribution >= 0.6 is 11.8 Å². The Morgan fingerprint density at radius 3 is 2.13 bits per heavy atom. The SMILES string of the molecule is CSc1ccc(S(=O)(=O)C[C@@H]2CC[C@@H](NC(C)C)C[C@@H]2NC(=O)CNC(=O)c2cccc(C(F)(F)F)c2)cc1.O=C(O)C(F)(F)F. The van der Waals surface area contributed by atoms with Gasteiger partial charge in [0, 0.05) is 28.6 Å². The largest absolute Gasteiger partial charge is 0.490 e. The normalized spacial score (nSPS) is 18.7. The molecule has 1 aliphatic rings. The molecule has 1 aliphatic carbocycles. The second-order valence-corrected chi connectivity index (χ2v) is 13.7. The van der Waals surface area contributed by atoms with Crippen molar-refractivity contribution in [2.75, 3.05) is 18.6 Å². The number of alkyl halides is 6. The Labute approximate surface area is 266 Å². The molecular formula is C29H35F6N3O6S2. The minimum Gasteiger partial charge on any atom is -0.475 e. The average Bonchev–Trinajstić information content (AvgIpc) is 2.96. The number of benzene rings is 2. The summed E-state index contributed by atoms with van der Waals surface area (Å²) in [6.07, 6.45) is -5.93. The zero-order valence-corrected chi connectivity index (χ0v) is 26.7. The highest BCUT2D eigenvalue weighted by atomic mass is 32.2. The number of halogens is 6. The van der Waals surface area contributed by atoms with Crippen LogP contribution in [0.3, 0.4) is 0 Å². The molecule has 3 atom stereocenters. The molecule has 1 fully saturated rings. The predicted molar refractivity (Wildman–Crippen MR) is 159 cm³/mol. The van der Waals surface area contributed by atoms with E-state index in [1.807, 2.05) is 20.1 Å². The van der Waals surface area contributed by atoms with Gasteiger partial charge in [0.25, 0.3) is 5.91 Å². The zero-order valence-electron chi connectivity index (χ0n) is 25.0. The molecule has 1 saturated carbocycles. The molecule has 0 unspecified atom stereocenters. The number of nitrogens with one attached hydrogen (secondary N) is 3. The molecule has 46 heavy (non-hydrogen) atoms. The first-order valence-corrected chi connectivity index (χ1v) is 16.8. The van der Waals surface area contributed by atoms with Crippen molar-refractivity contribution in [1.29, 1.82) is 0 Å². The molecule has 0 heterocycles. The lowest BCUT2D eigenvalue weighted by Gasteiger charge is -2.37. The standard InChI is InChI=1S/C27H34F3N3O4S2.C2HF3O2/c1-17(2)32-21-8-7-19(16-39(36,37)23-11-9-22(38-3)10-12-23)24(14-21)33-25(34)15-31-26(35)18-5-4-6-20(13-18)27(28,29)30;3-2(4,5)1(6)7/h4-6,9-13,17,19,21,24,32H,7-8,14-16H2,1-3H3,(H,31,35)(H,33,34);(H,6,7)/t19-,21+,24-;/m0./s1. The summed E-state index contributed by atoms with van der Waals surface area (Å²) in [5, 5.41) is 15.8. The van der Waals surface area contributed by atoms with Crippen molar-refractivity contribution in [2.45, 2.75) is 73.4 Å². The first kappa shape index (κ1) is 38.9. The van der Waals surface area contributed by atoms with Gasteiger partial charge in [-0.2, -0.15) is 26.3 Å². The van der Waals surface area contributed by atoms with Crippen molar-refractivity contribution in [3.8, 4) is 0 Å². The highest BCUT2D eigenvalue weighted by molar-refractivity contribution is 7.98. The van der Waals surface area contributed by atoms with Crippen LogP contribution in [0.25, 0.3) is 0 Å². The maximum Gasteiger partial charge on any atom is 0.490 e. The molecular weight excluding hydrogens is 664 g/mol. The molecule has 0 spiro atoms. The second kappa shape index (κ2) is 16.5. The summed E-state index contributed by atoms with van der Waals surface area (Å²) in [6.45, 7) is 3.56. The summed E-state index contributed by atoms with van der Waals surface area (Å²) < 4.78 is 97.0. The summed E-state index contributed by atoms with van der Waals surface area (Å²) in [6, 6.07) is 10.5. The Balaban J connectivity index is 0.000000942. The van der Waals surface area contributed by atoms with Gasteiger partial charge < -0.3 is 21.1 Å². The van der Waals surface area contributed by atoms with Gasteiger partial charge in [0.2, 0.25) is 5.91 Å². The third kappa shape index (κ3) is 12.5. The Kier molecular flexibility index (Phi) is 13.9. The number of thioether (sulfide) groups is 1. The summed E-state index contributed by atoms with van der Waals surface area (Å²) in [4.78, 5) is 35.2. The molecule has 0 aliphatic heterocycles. The Hall–Kier alpha value is -3.31. The quantitative estimate of drug-likeness (QED) is 0.203. The smallest absolute Gasteiger partial charge is 0.475 e. The molecule has 17 heteroatoms. The minimum absolute atomic E-state index is 0.0785. The molecule has 0 saturated heterocycles. The van der Waals surface area contributed by atoms with Gasteiger partial charge in [-0.05, 0) is 73.9 Å². The molecule has 4 N–H and O–H groups in total. The topological polar surface area (TPSA) is 142 Å². The van der Waals surface area contributed by atoms with Gasteiger partial charge in [-0.15, -0.1) is 11.8 Å². The number of carboxylic acids is 1. The van der Waals surface area contributed by atoms with Crippen LogP contribution in [0.4, 0.5) is 26.3 Å². The summed E-state index contributed by atoms with van der Waals surface area (Å²) >= 11 is 1.51. The lowest BCUT2D eigenvalue weighted by atomic mass is 9.82. The summed E-state index contributed by atoms with van der Waals surface area (Å²) in [5.74, 6) is -4.60. The number of carbonyl (C=O) groups excluding carboxylic acids is 2. The van der Waals surface area contributed by atoms with E-state index in [9.17, 15) is 44.3 Å². The highest BCUT2D eigenvalue weighted by Crippen LogP contribution is 2.30. The van der Waals surface area contributed by atoms with Crippen molar-refractivity contribution < 1.29 is 54.3 Å². The average molecular weight is 700 g/mol. The zero-order chi connectivity index (χ0) is 34.9. The van der Waals surface area contributed by atoms with Gasteiger partial charge in [-0.25, -0.2) is 13.2 Å². The van der Waals surface area contributed by atoms with E-state index in [-0.39, 0.29) is 34.2 Å². The number of sulfone groups is 1. The van der Waals surface area contributed by atoms with Crippen molar-refractivity contribution in [1.82, 2.24) is 16.0 Å². The molecule has 0 radical (unpaired) electrons. The molecule has 0 bridgehead atoms. The summed E-state index contributed by atoms with van der Waals surface area (Å²) in [5.41, 5.74) is -1.18. The van der Waals surface area contributed by atoms with Crippen LogP contribution < -0.4 is 16.0 Å². The monoisotopic (exact) mass is 699 g/mol. The molecule has 2 aromatic carbocycles. The van der Waals surface area contributed by atoms with Crippen LogP contribution in [0.2, 0.25) is 0 Å². The molecule has 2 aromatic rings. The van der Waals surface area contributed by atoms with Crippen molar-refractivity contribution in [2.24, 2.45) is 5.92 Å². The Bertz CT molecular complexity index is 1450. The number of aliphatic carboxylic acids is 1. The van der Waals surface area contributed by atoms with Gasteiger partial charge in [0.05, 0.1) is 22.8 Å². The molecule has 0 aromatic heterocycles. The third-order valence-electron chi connectivity index (χ3n) is 6.86. The van der Waals surface area contributed by atoms with Gasteiger partial charge >= 0.3 is 18.3 Å². The maximum atomic E-state index is 13.2. The fourth-order valence-electron chi connectivity index (χ4n) is 4.75. The molecule has 2 amide bonds. The third-order valence-corrected chi connectivity index (χ3v) is 9.47. The van der Waals surface area contributed by atoms with Crippen molar-refractivity contribution >= 4 is 39.4 Å². The fourth-order valence-corrected chi connectivity index (χ4v) is 6.86. The highest BCUT2D eigenvalue weighted by Gasteiger charge is 2.38. The Morgan fingerprint density at radius 1 is 1.00 bits per heavy atom. The number of carbonyl (C=O) groups is 3. The lowest BCUT2D eigenvalue weighted by Crippen LogP contribution is -2.53. The van der Waals surface area contributed by atoms with E-state index in [0.29, 0.717) is 12.8 Å². The lowest BCUT2D eigenvalue weighted by molar-refractivity contribution is -0.192. The number of amides is 2. The Morgan fingerprint density at radius 2 is 1.61 bits per heavy atom. The van der Waals surface area contributed by atoms with E-state index in [1.165, 1.54) is 17.8 Å². The van der Waals surface area contributed by atoms with E-state index in [0.717, 1.165) is 29.5 Å². The minimum atomic E-state index is -5.08. The van der Waals surface area contributed by atoms with Crippen molar-refractivity contribution in [3.63, 3.8) is 0 Å². The summed E-state index contributed by atoms with van der Waals surface area (Å²) in [7, 11) is -3.61. The number of hydrogen-bond acceptors (Lipinski definition) is 7. The van der Waals surface area contributed by atoms with Gasteiger partial charge in [-0.1, -0.05) is 19.9 Å². The van der Waals surface area contributed by atoms with E-state index in [1.54, 1.807) is 24.3 Å². The van der Waals surface area contributed by atoms with Crippen LogP contribution in [0.5, 0.6) is 0 Å². The van der Waals surface area contributed by atoms with E-state index < -0.39 is 58.1 Å². The fraction of sp³-hybridized carbons (Fsp3) is 0.483. The van der Waals surface area contributed by atoms with Crippen LogP contribution in [0.15, 0.2) is 58.3 Å². The van der Waals surface area contributed by atoms with Gasteiger partial charge in [0.1, 0.15) is 0 Å². The predicted octanol–water partition coefficient (Wildman–Crippen LogP) is 4.92. The number of hydrogen-bond donors (Lipinski definition) is 4. The molecule has 3 rings (SSSR count). The van der Waals surface area contributed by atoms with Crippen LogP contribution in [-0.2, 0) is 25.6 Å². The first-order chi connectivity index (χ1) is 21.2. The van der Waals surface area contributed by atoms with Gasteiger partial charge in [0.15, 0.2) is 9.84 Å². The maximum absolute atomic E-state index is 13.2. The van der Waals surface area contributed by atoms with Crippen molar-refractivity contribution in [3.05, 3.63) is 59.7 Å². The number of carboxylic acid groups (broad SMARTS) is 1. The van der Waals surface area contributed by atoms with Crippen LogP contribution in [-0.4, -0.2) is 74.2 Å². The second-order valence-electron chi connectivity index (χ2n) is 10.8.